The molecule has 20 heavy (non-hydrogen) atoms. The van der Waals surface area contributed by atoms with Crippen molar-refractivity contribution in [3.8, 4) is 0 Å². The van der Waals surface area contributed by atoms with Gasteiger partial charge in [-0.2, -0.15) is 0 Å². The van der Waals surface area contributed by atoms with Crippen LogP contribution in [-0.4, -0.2) is 36.0 Å². The zero-order chi connectivity index (χ0) is 14.1. The van der Waals surface area contributed by atoms with Crippen molar-refractivity contribution in [2.45, 2.75) is 38.0 Å². The standard InChI is InChI=1S/C15H20ClN3O/c16-12-8-10(15(17)18)4-5-11(12)9-19-6-7-20-14-3-1-2-13(14)19/h4-5,8,13-14H,1-3,6-7,9H2,(H3,17,18). The van der Waals surface area contributed by atoms with Gasteiger partial charge >= 0.3 is 0 Å². The van der Waals surface area contributed by atoms with E-state index in [-0.39, 0.29) is 5.84 Å². The topological polar surface area (TPSA) is 62.3 Å². The molecule has 3 rings (SSSR count). The van der Waals surface area contributed by atoms with Gasteiger partial charge in [0.25, 0.3) is 0 Å². The first-order chi connectivity index (χ1) is 9.65. The number of morpholine rings is 1. The molecule has 0 bridgehead atoms. The number of amidine groups is 1. The van der Waals surface area contributed by atoms with Gasteiger partial charge < -0.3 is 10.5 Å². The van der Waals surface area contributed by atoms with Crippen molar-refractivity contribution in [2.75, 3.05) is 13.2 Å². The average Bonchev–Trinajstić information content (AvgIpc) is 2.90. The van der Waals surface area contributed by atoms with Crippen LogP contribution in [0.3, 0.4) is 0 Å². The number of ether oxygens (including phenoxy) is 1. The number of nitrogens with zero attached hydrogens (tertiary/aromatic N) is 1. The second-order valence-corrected chi connectivity index (χ2v) is 6.01. The van der Waals surface area contributed by atoms with E-state index in [1.165, 1.54) is 19.3 Å². The van der Waals surface area contributed by atoms with Crippen LogP contribution in [0.2, 0.25) is 5.02 Å². The number of nitrogens with one attached hydrogen (secondary N) is 1. The van der Waals surface area contributed by atoms with Crippen molar-refractivity contribution < 1.29 is 4.74 Å². The molecule has 0 amide bonds. The fourth-order valence-electron chi connectivity index (χ4n) is 3.26. The van der Waals surface area contributed by atoms with Crippen molar-refractivity contribution in [1.82, 2.24) is 4.90 Å². The molecule has 0 aromatic heterocycles. The number of nitrogens with two attached hydrogens (primary N) is 1. The minimum Gasteiger partial charge on any atom is -0.384 e. The first kappa shape index (κ1) is 13.9. The third kappa shape index (κ3) is 2.68. The molecule has 108 valence electrons. The minimum atomic E-state index is 0.0562. The van der Waals surface area contributed by atoms with E-state index in [1.54, 1.807) is 6.07 Å². The summed E-state index contributed by atoms with van der Waals surface area (Å²) in [6.45, 7) is 2.62. The van der Waals surface area contributed by atoms with Crippen LogP contribution in [0.15, 0.2) is 18.2 Å². The van der Waals surface area contributed by atoms with Crippen LogP contribution in [0, 0.1) is 5.41 Å². The first-order valence-electron chi connectivity index (χ1n) is 7.13. The number of rotatable bonds is 3. The van der Waals surface area contributed by atoms with Gasteiger partial charge in [-0.15, -0.1) is 0 Å². The summed E-state index contributed by atoms with van der Waals surface area (Å²) in [6.07, 6.45) is 4.05. The molecule has 0 radical (unpaired) electrons. The van der Waals surface area contributed by atoms with E-state index in [0.717, 1.165) is 25.3 Å². The van der Waals surface area contributed by atoms with Gasteiger partial charge in [-0.1, -0.05) is 23.7 Å². The highest BCUT2D eigenvalue weighted by Gasteiger charge is 2.35. The van der Waals surface area contributed by atoms with Gasteiger partial charge in [0.1, 0.15) is 5.84 Å². The van der Waals surface area contributed by atoms with Crippen molar-refractivity contribution in [1.29, 1.82) is 5.41 Å². The lowest BCUT2D eigenvalue weighted by atomic mass is 10.1. The van der Waals surface area contributed by atoms with E-state index in [1.807, 2.05) is 12.1 Å². The maximum atomic E-state index is 7.44. The number of halogens is 1. The zero-order valence-electron chi connectivity index (χ0n) is 11.4. The Morgan fingerprint density at radius 2 is 2.30 bits per heavy atom. The summed E-state index contributed by atoms with van der Waals surface area (Å²) in [5.41, 5.74) is 7.27. The second-order valence-electron chi connectivity index (χ2n) is 5.60. The third-order valence-corrected chi connectivity index (χ3v) is 4.69. The van der Waals surface area contributed by atoms with E-state index < -0.39 is 0 Å². The molecule has 1 saturated carbocycles. The Morgan fingerprint density at radius 3 is 3.05 bits per heavy atom. The van der Waals surface area contributed by atoms with Gasteiger partial charge in [0.05, 0.1) is 12.7 Å². The summed E-state index contributed by atoms with van der Waals surface area (Å²) in [4.78, 5) is 2.48. The van der Waals surface area contributed by atoms with E-state index in [4.69, 9.17) is 27.5 Å². The zero-order valence-corrected chi connectivity index (χ0v) is 12.2. The van der Waals surface area contributed by atoms with E-state index in [9.17, 15) is 0 Å². The molecule has 2 unspecified atom stereocenters. The van der Waals surface area contributed by atoms with Gasteiger partial charge in [-0.25, -0.2) is 0 Å². The van der Waals surface area contributed by atoms with Crippen molar-refractivity contribution >= 4 is 17.4 Å². The maximum Gasteiger partial charge on any atom is 0.122 e. The summed E-state index contributed by atoms with van der Waals surface area (Å²) >= 11 is 6.33. The van der Waals surface area contributed by atoms with Crippen molar-refractivity contribution in [2.24, 2.45) is 5.73 Å². The van der Waals surface area contributed by atoms with Gasteiger partial charge in [-0.05, 0) is 30.9 Å². The predicted octanol–water partition coefficient (Wildman–Crippen LogP) is 2.38. The highest BCUT2D eigenvalue weighted by atomic mass is 35.5. The Kier molecular flexibility index (Phi) is 3.96. The molecular weight excluding hydrogens is 274 g/mol. The van der Waals surface area contributed by atoms with Crippen LogP contribution in [0.4, 0.5) is 0 Å². The molecule has 3 N–H and O–H groups in total. The second kappa shape index (κ2) is 5.72. The molecule has 1 aromatic rings. The van der Waals surface area contributed by atoms with E-state index in [0.29, 0.717) is 22.7 Å². The molecule has 1 heterocycles. The Morgan fingerprint density at radius 1 is 1.45 bits per heavy atom. The van der Waals surface area contributed by atoms with Crippen LogP contribution in [0.1, 0.15) is 30.4 Å². The highest BCUT2D eigenvalue weighted by Crippen LogP contribution is 2.31. The van der Waals surface area contributed by atoms with Gasteiger partial charge in [0.2, 0.25) is 0 Å². The van der Waals surface area contributed by atoms with E-state index in [2.05, 4.69) is 4.90 Å². The summed E-state index contributed by atoms with van der Waals surface area (Å²) in [7, 11) is 0. The molecule has 1 saturated heterocycles. The fraction of sp³-hybridized carbons (Fsp3) is 0.533. The fourth-order valence-corrected chi connectivity index (χ4v) is 3.50. The molecule has 1 aliphatic heterocycles. The molecule has 2 atom stereocenters. The number of hydrogen-bond donors (Lipinski definition) is 2. The summed E-state index contributed by atoms with van der Waals surface area (Å²) in [6, 6.07) is 6.17. The lowest BCUT2D eigenvalue weighted by Gasteiger charge is -2.37. The lowest BCUT2D eigenvalue weighted by molar-refractivity contribution is -0.0588. The summed E-state index contributed by atoms with van der Waals surface area (Å²) in [5.74, 6) is 0.0562. The SMILES string of the molecule is N=C(N)c1ccc(CN2CCOC3CCCC32)c(Cl)c1. The van der Waals surface area contributed by atoms with Crippen LogP contribution in [0.5, 0.6) is 0 Å². The number of fused-ring (bicyclic) bond motifs is 1. The summed E-state index contributed by atoms with van der Waals surface area (Å²) in [5, 5.41) is 8.14. The van der Waals surface area contributed by atoms with Gasteiger partial charge in [0, 0.05) is 29.7 Å². The van der Waals surface area contributed by atoms with Crippen LogP contribution >= 0.6 is 11.6 Å². The molecule has 5 heteroatoms. The first-order valence-corrected chi connectivity index (χ1v) is 7.51. The lowest BCUT2D eigenvalue weighted by Crippen LogP contribution is -2.47. The smallest absolute Gasteiger partial charge is 0.122 e. The van der Waals surface area contributed by atoms with Gasteiger partial charge in [-0.3, -0.25) is 10.3 Å². The largest absolute Gasteiger partial charge is 0.384 e. The maximum absolute atomic E-state index is 7.44. The van der Waals surface area contributed by atoms with Crippen LogP contribution in [-0.2, 0) is 11.3 Å². The Hall–Kier alpha value is -1.10. The van der Waals surface area contributed by atoms with Crippen LogP contribution in [0.25, 0.3) is 0 Å². The summed E-state index contributed by atoms with van der Waals surface area (Å²) < 4.78 is 5.83. The Labute approximate surface area is 124 Å². The Bertz CT molecular complexity index is 520. The third-order valence-electron chi connectivity index (χ3n) is 4.33. The van der Waals surface area contributed by atoms with Crippen LogP contribution < -0.4 is 5.73 Å². The number of nitrogen functional groups attached to an aromatic ring is 1. The average molecular weight is 294 g/mol. The normalized spacial score (nSPS) is 26.4. The molecule has 1 aliphatic carbocycles. The van der Waals surface area contributed by atoms with Crippen molar-refractivity contribution in [3.05, 3.63) is 34.3 Å². The molecule has 2 aliphatic rings. The minimum absolute atomic E-state index is 0.0562. The number of benzene rings is 1. The quantitative estimate of drug-likeness (QED) is 0.664. The monoisotopic (exact) mass is 293 g/mol. The number of hydrogen-bond acceptors (Lipinski definition) is 3. The van der Waals surface area contributed by atoms with E-state index >= 15 is 0 Å². The molecule has 4 nitrogen and oxygen atoms in total. The van der Waals surface area contributed by atoms with Gasteiger partial charge in [0.15, 0.2) is 0 Å². The molecule has 1 aromatic carbocycles. The van der Waals surface area contributed by atoms with Crippen molar-refractivity contribution in [3.63, 3.8) is 0 Å². The molecule has 0 spiro atoms. The Balaban J connectivity index is 1.75. The molecular formula is C15H20ClN3O. The molecule has 2 fully saturated rings. The predicted molar refractivity (Wildman–Crippen MR) is 80.3 cm³/mol. The highest BCUT2D eigenvalue weighted by molar-refractivity contribution is 6.31.